The third-order valence-electron chi connectivity index (χ3n) is 7.63. The minimum atomic E-state index is -0.146. The molecule has 0 unspecified atom stereocenters. The van der Waals surface area contributed by atoms with Crippen LogP contribution in [-0.4, -0.2) is 16.9 Å². The zero-order chi connectivity index (χ0) is 23.0. The van der Waals surface area contributed by atoms with E-state index in [1.165, 1.54) is 38.5 Å². The Kier molecular flexibility index (Phi) is 5.95. The SMILES string of the molecule is Cc1cccc(C(=O)Nc2ccc(NC(=S)NC(=O)CC34CC5CC(CC(C5)C3)C4)cc2)c1. The van der Waals surface area contributed by atoms with Gasteiger partial charge < -0.3 is 16.0 Å². The highest BCUT2D eigenvalue weighted by atomic mass is 32.1. The first-order chi connectivity index (χ1) is 15.9. The molecule has 33 heavy (non-hydrogen) atoms. The van der Waals surface area contributed by atoms with Crippen molar-refractivity contribution in [3.8, 4) is 0 Å². The highest BCUT2D eigenvalue weighted by Crippen LogP contribution is 2.61. The Balaban J connectivity index is 1.12. The van der Waals surface area contributed by atoms with Crippen LogP contribution in [-0.2, 0) is 4.79 Å². The highest BCUT2D eigenvalue weighted by molar-refractivity contribution is 7.80. The minimum absolute atomic E-state index is 0.0245. The van der Waals surface area contributed by atoms with Crippen molar-refractivity contribution in [1.82, 2.24) is 5.32 Å². The van der Waals surface area contributed by atoms with Gasteiger partial charge in [0.1, 0.15) is 0 Å². The average Bonchev–Trinajstić information content (AvgIpc) is 2.73. The molecule has 4 fully saturated rings. The molecule has 5 nitrogen and oxygen atoms in total. The molecule has 0 heterocycles. The van der Waals surface area contributed by atoms with E-state index in [2.05, 4.69) is 16.0 Å². The first-order valence-electron chi connectivity index (χ1n) is 11.9. The van der Waals surface area contributed by atoms with E-state index < -0.39 is 0 Å². The summed E-state index contributed by atoms with van der Waals surface area (Å²) in [5, 5.41) is 9.20. The van der Waals surface area contributed by atoms with E-state index in [-0.39, 0.29) is 17.2 Å². The lowest BCUT2D eigenvalue weighted by Crippen LogP contribution is -2.48. The van der Waals surface area contributed by atoms with E-state index in [1.54, 1.807) is 6.07 Å². The Labute approximate surface area is 200 Å². The normalized spacial score (nSPS) is 27.1. The fourth-order valence-corrected chi connectivity index (χ4v) is 7.04. The van der Waals surface area contributed by atoms with E-state index in [1.807, 2.05) is 49.4 Å². The van der Waals surface area contributed by atoms with Crippen LogP contribution in [0.2, 0.25) is 0 Å². The first-order valence-corrected chi connectivity index (χ1v) is 12.4. The molecule has 4 saturated carbocycles. The van der Waals surface area contributed by atoms with Gasteiger partial charge >= 0.3 is 0 Å². The van der Waals surface area contributed by atoms with Crippen molar-refractivity contribution in [2.75, 3.05) is 10.6 Å². The second kappa shape index (κ2) is 8.90. The van der Waals surface area contributed by atoms with E-state index in [0.717, 1.165) is 29.0 Å². The summed E-state index contributed by atoms with van der Waals surface area (Å²) in [6, 6.07) is 14.8. The van der Waals surface area contributed by atoms with Crippen LogP contribution in [0.5, 0.6) is 0 Å². The van der Waals surface area contributed by atoms with Gasteiger partial charge in [-0.1, -0.05) is 17.7 Å². The lowest BCUT2D eigenvalue weighted by atomic mass is 9.49. The maximum Gasteiger partial charge on any atom is 0.255 e. The van der Waals surface area contributed by atoms with Crippen LogP contribution < -0.4 is 16.0 Å². The molecule has 4 aliphatic carbocycles. The van der Waals surface area contributed by atoms with Crippen molar-refractivity contribution in [2.24, 2.45) is 23.2 Å². The van der Waals surface area contributed by atoms with Crippen LogP contribution in [0.15, 0.2) is 48.5 Å². The summed E-state index contributed by atoms with van der Waals surface area (Å²) in [5.41, 5.74) is 3.33. The second-order valence-corrected chi connectivity index (χ2v) is 10.9. The Morgan fingerprint density at radius 1 is 0.909 bits per heavy atom. The van der Waals surface area contributed by atoms with Crippen molar-refractivity contribution in [3.05, 3.63) is 59.7 Å². The Bertz CT molecular complexity index is 1040. The molecule has 2 aromatic rings. The quantitative estimate of drug-likeness (QED) is 0.502. The molecule has 6 heteroatoms. The number of carbonyl (C=O) groups excluding carboxylic acids is 2. The van der Waals surface area contributed by atoms with Gasteiger partial charge in [0.2, 0.25) is 5.91 Å². The molecular formula is C27H31N3O2S. The van der Waals surface area contributed by atoms with Crippen LogP contribution in [0.4, 0.5) is 11.4 Å². The lowest BCUT2D eigenvalue weighted by molar-refractivity contribution is -0.127. The fourth-order valence-electron chi connectivity index (χ4n) is 6.81. The predicted molar refractivity (Wildman–Crippen MR) is 135 cm³/mol. The summed E-state index contributed by atoms with van der Waals surface area (Å²) >= 11 is 5.39. The van der Waals surface area contributed by atoms with Gasteiger partial charge in [-0.25, -0.2) is 0 Å². The van der Waals surface area contributed by atoms with Crippen LogP contribution in [0.25, 0.3) is 0 Å². The summed E-state index contributed by atoms with van der Waals surface area (Å²) in [6.45, 7) is 1.96. The first kappa shape index (κ1) is 22.1. The number of anilines is 2. The van der Waals surface area contributed by atoms with Gasteiger partial charge in [0.15, 0.2) is 5.11 Å². The van der Waals surface area contributed by atoms with E-state index >= 15 is 0 Å². The number of thiocarbonyl (C=S) groups is 1. The molecule has 0 aromatic heterocycles. The van der Waals surface area contributed by atoms with Crippen LogP contribution in [0.1, 0.15) is 60.9 Å². The van der Waals surface area contributed by atoms with Crippen molar-refractivity contribution in [3.63, 3.8) is 0 Å². The number of hydrogen-bond donors (Lipinski definition) is 3. The van der Waals surface area contributed by atoms with Gasteiger partial charge in [0.25, 0.3) is 5.91 Å². The molecule has 0 spiro atoms. The molecule has 6 rings (SSSR count). The van der Waals surface area contributed by atoms with Crippen LogP contribution in [0.3, 0.4) is 0 Å². The molecule has 4 aliphatic rings. The lowest BCUT2D eigenvalue weighted by Gasteiger charge is -2.56. The number of amides is 2. The van der Waals surface area contributed by atoms with E-state index in [0.29, 0.717) is 22.8 Å². The Morgan fingerprint density at radius 3 is 2.06 bits per heavy atom. The van der Waals surface area contributed by atoms with Gasteiger partial charge in [-0.15, -0.1) is 0 Å². The fraction of sp³-hybridized carbons (Fsp3) is 0.444. The van der Waals surface area contributed by atoms with Gasteiger partial charge in [0.05, 0.1) is 0 Å². The van der Waals surface area contributed by atoms with Crippen LogP contribution >= 0.6 is 12.2 Å². The largest absolute Gasteiger partial charge is 0.332 e. The third-order valence-corrected chi connectivity index (χ3v) is 7.84. The average molecular weight is 462 g/mol. The molecule has 172 valence electrons. The van der Waals surface area contributed by atoms with Crippen molar-refractivity contribution >= 4 is 40.5 Å². The van der Waals surface area contributed by atoms with E-state index in [9.17, 15) is 9.59 Å². The molecule has 0 radical (unpaired) electrons. The summed E-state index contributed by atoms with van der Waals surface area (Å²) in [7, 11) is 0. The van der Waals surface area contributed by atoms with Gasteiger partial charge in [0, 0.05) is 23.4 Å². The van der Waals surface area contributed by atoms with Gasteiger partial charge in [-0.2, -0.15) is 0 Å². The standard InChI is InChI=1S/C27H31N3O2S/c1-17-3-2-4-21(9-17)25(32)28-22-5-7-23(8-6-22)29-26(33)30-24(31)16-27-13-18-10-19(14-27)12-20(11-18)15-27/h2-9,18-20H,10-16H2,1H3,(H,28,32)(H2,29,30,31,33). The maximum atomic E-state index is 12.8. The number of rotatable bonds is 5. The van der Waals surface area contributed by atoms with Crippen LogP contribution in [0, 0.1) is 30.1 Å². The molecule has 3 N–H and O–H groups in total. The summed E-state index contributed by atoms with van der Waals surface area (Å²) in [5.74, 6) is 2.38. The number of aryl methyl sites for hydroxylation is 1. The summed E-state index contributed by atoms with van der Waals surface area (Å²) in [6.07, 6.45) is 8.35. The summed E-state index contributed by atoms with van der Waals surface area (Å²) < 4.78 is 0. The maximum absolute atomic E-state index is 12.8. The van der Waals surface area contributed by atoms with Crippen molar-refractivity contribution in [2.45, 2.75) is 51.9 Å². The Morgan fingerprint density at radius 2 is 1.48 bits per heavy atom. The van der Waals surface area contributed by atoms with Crippen molar-refractivity contribution in [1.29, 1.82) is 0 Å². The molecule has 2 amide bonds. The molecular weight excluding hydrogens is 430 g/mol. The van der Waals surface area contributed by atoms with E-state index in [4.69, 9.17) is 12.2 Å². The number of carbonyl (C=O) groups is 2. The summed E-state index contributed by atoms with van der Waals surface area (Å²) in [4.78, 5) is 25.2. The zero-order valence-corrected chi connectivity index (χ0v) is 19.8. The van der Waals surface area contributed by atoms with Gasteiger partial charge in [-0.05, 0) is 117 Å². The predicted octanol–water partition coefficient (Wildman–Crippen LogP) is 5.67. The molecule has 0 aliphatic heterocycles. The van der Waals surface area contributed by atoms with Crippen molar-refractivity contribution < 1.29 is 9.59 Å². The smallest absolute Gasteiger partial charge is 0.255 e. The Hall–Kier alpha value is -2.73. The number of benzene rings is 2. The molecule has 2 aromatic carbocycles. The monoisotopic (exact) mass is 461 g/mol. The van der Waals surface area contributed by atoms with Gasteiger partial charge in [-0.3, -0.25) is 9.59 Å². The minimum Gasteiger partial charge on any atom is -0.332 e. The number of nitrogens with one attached hydrogen (secondary N) is 3. The number of hydrogen-bond acceptors (Lipinski definition) is 3. The third kappa shape index (κ3) is 5.11. The second-order valence-electron chi connectivity index (χ2n) is 10.5. The molecule has 0 saturated heterocycles. The molecule has 4 bridgehead atoms. The topological polar surface area (TPSA) is 70.2 Å². The zero-order valence-electron chi connectivity index (χ0n) is 19.0. The highest BCUT2D eigenvalue weighted by Gasteiger charge is 2.51. The molecule has 0 atom stereocenters.